The molecule has 0 fully saturated rings. The van der Waals surface area contributed by atoms with Gasteiger partial charge < -0.3 is 5.32 Å². The molecule has 0 aromatic heterocycles. The highest BCUT2D eigenvalue weighted by molar-refractivity contribution is 7.89. The van der Waals surface area contributed by atoms with Gasteiger partial charge in [0.05, 0.1) is 5.69 Å². The standard InChI is InChI=1S/C11H12N2O2S/c1-13-10-7-6-8-4-2-3-5-9(8)11(10)16(12,14)15/h2-7,13H,1H3,(H2,12,14,15). The van der Waals surface area contributed by atoms with E-state index in [1.165, 1.54) is 0 Å². The summed E-state index contributed by atoms with van der Waals surface area (Å²) in [5.74, 6) is 0. The van der Waals surface area contributed by atoms with Gasteiger partial charge in [0.2, 0.25) is 10.0 Å². The summed E-state index contributed by atoms with van der Waals surface area (Å²) in [5.41, 5.74) is 0.515. The Balaban J connectivity index is 2.95. The average molecular weight is 236 g/mol. The quantitative estimate of drug-likeness (QED) is 0.830. The van der Waals surface area contributed by atoms with Crippen molar-refractivity contribution in [3.63, 3.8) is 0 Å². The maximum atomic E-state index is 11.6. The summed E-state index contributed by atoms with van der Waals surface area (Å²) < 4.78 is 23.1. The number of anilines is 1. The van der Waals surface area contributed by atoms with Crippen LogP contribution in [0.4, 0.5) is 5.69 Å². The summed E-state index contributed by atoms with van der Waals surface area (Å²) in [6, 6.07) is 10.8. The van der Waals surface area contributed by atoms with Crippen molar-refractivity contribution in [1.82, 2.24) is 0 Å². The lowest BCUT2D eigenvalue weighted by molar-refractivity contribution is 0.599. The van der Waals surface area contributed by atoms with Crippen LogP contribution in [0.1, 0.15) is 0 Å². The van der Waals surface area contributed by atoms with Crippen molar-refractivity contribution >= 4 is 26.5 Å². The third-order valence-corrected chi connectivity index (χ3v) is 3.44. The van der Waals surface area contributed by atoms with Crippen LogP contribution in [0, 0.1) is 0 Å². The highest BCUT2D eigenvalue weighted by Crippen LogP contribution is 2.29. The maximum Gasteiger partial charge on any atom is 0.240 e. The molecule has 84 valence electrons. The van der Waals surface area contributed by atoms with Gasteiger partial charge in [-0.3, -0.25) is 0 Å². The number of primary sulfonamides is 1. The van der Waals surface area contributed by atoms with Gasteiger partial charge in [0.25, 0.3) is 0 Å². The van der Waals surface area contributed by atoms with Gasteiger partial charge in [0.1, 0.15) is 4.90 Å². The molecule has 0 heterocycles. The lowest BCUT2D eigenvalue weighted by Crippen LogP contribution is -2.14. The molecule has 0 aliphatic carbocycles. The van der Waals surface area contributed by atoms with Crippen LogP contribution in [-0.2, 0) is 10.0 Å². The van der Waals surface area contributed by atoms with Crippen molar-refractivity contribution < 1.29 is 8.42 Å². The highest BCUT2D eigenvalue weighted by Gasteiger charge is 2.16. The van der Waals surface area contributed by atoms with Crippen molar-refractivity contribution in [2.75, 3.05) is 12.4 Å². The molecule has 16 heavy (non-hydrogen) atoms. The molecule has 0 amide bonds. The Bertz CT molecular complexity index is 635. The van der Waals surface area contributed by atoms with Gasteiger partial charge in [-0.05, 0) is 11.5 Å². The normalized spacial score (nSPS) is 11.6. The van der Waals surface area contributed by atoms with Gasteiger partial charge in [-0.2, -0.15) is 0 Å². The summed E-state index contributed by atoms with van der Waals surface area (Å²) in [6.45, 7) is 0. The molecule has 0 spiro atoms. The van der Waals surface area contributed by atoms with Crippen LogP contribution >= 0.6 is 0 Å². The van der Waals surface area contributed by atoms with E-state index in [2.05, 4.69) is 5.32 Å². The SMILES string of the molecule is CNc1ccc2ccccc2c1S(N)(=O)=O. The van der Waals surface area contributed by atoms with E-state index in [9.17, 15) is 8.42 Å². The molecule has 0 bridgehead atoms. The van der Waals surface area contributed by atoms with E-state index in [0.29, 0.717) is 11.1 Å². The van der Waals surface area contributed by atoms with Crippen molar-refractivity contribution in [1.29, 1.82) is 0 Å². The number of rotatable bonds is 2. The molecule has 0 aliphatic rings. The molecule has 3 N–H and O–H groups in total. The minimum absolute atomic E-state index is 0.146. The topological polar surface area (TPSA) is 72.2 Å². The zero-order valence-corrected chi connectivity index (χ0v) is 9.58. The van der Waals surface area contributed by atoms with Gasteiger partial charge in [-0.25, -0.2) is 13.6 Å². The van der Waals surface area contributed by atoms with Gasteiger partial charge >= 0.3 is 0 Å². The molecule has 0 aliphatic heterocycles. The molecule has 2 rings (SSSR count). The Morgan fingerprint density at radius 1 is 1.12 bits per heavy atom. The van der Waals surface area contributed by atoms with Crippen molar-refractivity contribution in [3.05, 3.63) is 36.4 Å². The maximum absolute atomic E-state index is 11.6. The second kappa shape index (κ2) is 3.77. The third kappa shape index (κ3) is 1.75. The van der Waals surface area contributed by atoms with Crippen LogP contribution in [-0.4, -0.2) is 15.5 Å². The molecule has 0 radical (unpaired) electrons. The smallest absolute Gasteiger partial charge is 0.240 e. The average Bonchev–Trinajstić information content (AvgIpc) is 2.26. The Morgan fingerprint density at radius 3 is 2.44 bits per heavy atom. The van der Waals surface area contributed by atoms with E-state index in [1.807, 2.05) is 18.2 Å². The van der Waals surface area contributed by atoms with E-state index in [0.717, 1.165) is 5.39 Å². The molecular weight excluding hydrogens is 224 g/mol. The monoisotopic (exact) mass is 236 g/mol. The predicted molar refractivity (Wildman–Crippen MR) is 64.9 cm³/mol. The summed E-state index contributed by atoms with van der Waals surface area (Å²) in [4.78, 5) is 0.146. The first-order valence-corrected chi connectivity index (χ1v) is 6.31. The molecule has 2 aromatic carbocycles. The number of benzene rings is 2. The van der Waals surface area contributed by atoms with Crippen LogP contribution in [0.15, 0.2) is 41.3 Å². The molecule has 0 saturated carbocycles. The molecule has 0 saturated heterocycles. The highest BCUT2D eigenvalue weighted by atomic mass is 32.2. The molecule has 4 nitrogen and oxygen atoms in total. The van der Waals surface area contributed by atoms with Crippen molar-refractivity contribution in [3.8, 4) is 0 Å². The Labute approximate surface area is 94.1 Å². The second-order valence-corrected chi connectivity index (χ2v) is 4.96. The van der Waals surface area contributed by atoms with E-state index in [4.69, 9.17) is 5.14 Å². The number of hydrogen-bond donors (Lipinski definition) is 2. The van der Waals surface area contributed by atoms with Crippen LogP contribution in [0.3, 0.4) is 0 Å². The Kier molecular flexibility index (Phi) is 2.57. The van der Waals surface area contributed by atoms with Crippen molar-refractivity contribution in [2.45, 2.75) is 4.90 Å². The minimum Gasteiger partial charge on any atom is -0.387 e. The number of fused-ring (bicyclic) bond motifs is 1. The van der Waals surface area contributed by atoms with E-state index >= 15 is 0 Å². The molecule has 2 aromatic rings. The summed E-state index contributed by atoms with van der Waals surface area (Å²) in [7, 11) is -2.07. The fourth-order valence-corrected chi connectivity index (χ4v) is 2.72. The van der Waals surface area contributed by atoms with Crippen molar-refractivity contribution in [2.24, 2.45) is 5.14 Å². The van der Waals surface area contributed by atoms with Gasteiger partial charge in [-0.1, -0.05) is 30.3 Å². The van der Waals surface area contributed by atoms with Crippen LogP contribution in [0.2, 0.25) is 0 Å². The second-order valence-electron chi connectivity index (χ2n) is 3.46. The van der Waals surface area contributed by atoms with Crippen LogP contribution in [0.25, 0.3) is 10.8 Å². The zero-order chi connectivity index (χ0) is 11.8. The molecule has 5 heteroatoms. The molecule has 0 atom stereocenters. The Hall–Kier alpha value is -1.59. The zero-order valence-electron chi connectivity index (χ0n) is 8.77. The number of nitrogens with one attached hydrogen (secondary N) is 1. The first-order chi connectivity index (χ1) is 7.54. The fourth-order valence-electron chi connectivity index (χ4n) is 1.75. The first-order valence-electron chi connectivity index (χ1n) is 4.76. The summed E-state index contributed by atoms with van der Waals surface area (Å²) in [6.07, 6.45) is 0. The summed E-state index contributed by atoms with van der Waals surface area (Å²) in [5, 5.41) is 9.55. The molecule has 0 unspecified atom stereocenters. The first kappa shape index (κ1) is 10.9. The number of sulfonamides is 1. The van der Waals surface area contributed by atoms with Crippen LogP contribution in [0.5, 0.6) is 0 Å². The molecular formula is C11H12N2O2S. The van der Waals surface area contributed by atoms with Gasteiger partial charge in [-0.15, -0.1) is 0 Å². The summed E-state index contributed by atoms with van der Waals surface area (Å²) >= 11 is 0. The van der Waals surface area contributed by atoms with Gasteiger partial charge in [0, 0.05) is 12.4 Å². The lowest BCUT2D eigenvalue weighted by Gasteiger charge is -2.10. The number of hydrogen-bond acceptors (Lipinski definition) is 3. The van der Waals surface area contributed by atoms with E-state index in [1.54, 1.807) is 25.2 Å². The Morgan fingerprint density at radius 2 is 1.81 bits per heavy atom. The van der Waals surface area contributed by atoms with Crippen LogP contribution < -0.4 is 10.5 Å². The largest absolute Gasteiger partial charge is 0.387 e. The van der Waals surface area contributed by atoms with E-state index < -0.39 is 10.0 Å². The van der Waals surface area contributed by atoms with Gasteiger partial charge in [0.15, 0.2) is 0 Å². The predicted octanol–water partition coefficient (Wildman–Crippen LogP) is 1.53. The fraction of sp³-hybridized carbons (Fsp3) is 0.0909. The number of nitrogens with two attached hydrogens (primary N) is 1. The third-order valence-electron chi connectivity index (χ3n) is 2.43. The van der Waals surface area contributed by atoms with E-state index in [-0.39, 0.29) is 4.90 Å². The lowest BCUT2D eigenvalue weighted by atomic mass is 10.1. The minimum atomic E-state index is -3.73.